The van der Waals surface area contributed by atoms with Gasteiger partial charge in [0.1, 0.15) is 24.4 Å². The molecule has 0 amide bonds. The van der Waals surface area contributed by atoms with Crippen LogP contribution in [0.2, 0.25) is 0 Å². The van der Waals surface area contributed by atoms with Gasteiger partial charge >= 0.3 is 0 Å². The highest BCUT2D eigenvalue weighted by molar-refractivity contribution is 4.94. The van der Waals surface area contributed by atoms with Crippen LogP contribution in [0.3, 0.4) is 0 Å². The Morgan fingerprint density at radius 1 is 0.727 bits per heavy atom. The lowest BCUT2D eigenvalue weighted by Crippen LogP contribution is -2.62. The van der Waals surface area contributed by atoms with E-state index in [9.17, 15) is 0 Å². The third kappa shape index (κ3) is 10.9. The number of rotatable bonds is 17. The Morgan fingerprint density at radius 3 is 1.85 bits per heavy atom. The molecular formula is C20H27N7O6. The summed E-state index contributed by atoms with van der Waals surface area (Å²) in [6.45, 7) is 0.610. The van der Waals surface area contributed by atoms with Gasteiger partial charge in [-0.3, -0.25) is 0 Å². The topological polar surface area (TPSA) is 199 Å². The SMILES string of the molecule is N#CCCOC[C@H]1O[C@H](OCCN=[N+]=[N-])[C@@H](OCCC#N)[C@@H](OCCC#N)[C@@H]1OCCC#N. The molecule has 1 heterocycles. The molecule has 13 nitrogen and oxygen atoms in total. The molecule has 33 heavy (non-hydrogen) atoms. The average molecular weight is 461 g/mol. The van der Waals surface area contributed by atoms with Crippen LogP contribution < -0.4 is 0 Å². The van der Waals surface area contributed by atoms with Gasteiger partial charge in [-0.15, -0.1) is 0 Å². The van der Waals surface area contributed by atoms with Gasteiger partial charge < -0.3 is 28.4 Å². The zero-order chi connectivity index (χ0) is 24.2. The van der Waals surface area contributed by atoms with Gasteiger partial charge in [0.2, 0.25) is 0 Å². The van der Waals surface area contributed by atoms with Gasteiger partial charge in [-0.2, -0.15) is 21.0 Å². The standard InChI is InChI=1S/C20H27N7O6/c21-5-1-10-28-15-16-17(29-11-2-6-22)18(30-12-3-7-23)19(31-13-4-8-24)20(33-16)32-14-9-26-27-25/h16-20H,1-4,9-15H2/t16-,17-,18+,19+,20+/m1/s1. The molecule has 1 rings (SSSR count). The van der Waals surface area contributed by atoms with Crippen LogP contribution in [-0.2, 0) is 28.4 Å². The number of hydrogen-bond donors (Lipinski definition) is 0. The molecule has 0 aliphatic carbocycles. The molecule has 0 saturated carbocycles. The van der Waals surface area contributed by atoms with Gasteiger partial charge in [0.15, 0.2) is 6.29 Å². The van der Waals surface area contributed by atoms with Crippen molar-refractivity contribution in [1.82, 2.24) is 0 Å². The maximum absolute atomic E-state index is 8.91. The molecule has 0 spiro atoms. The first-order valence-corrected chi connectivity index (χ1v) is 10.4. The fourth-order valence-electron chi connectivity index (χ4n) is 3.01. The summed E-state index contributed by atoms with van der Waals surface area (Å²) in [6.07, 6.45) is -3.42. The molecule has 0 bridgehead atoms. The highest BCUT2D eigenvalue weighted by Crippen LogP contribution is 2.30. The van der Waals surface area contributed by atoms with Crippen molar-refractivity contribution in [1.29, 1.82) is 21.0 Å². The molecule has 5 atom stereocenters. The van der Waals surface area contributed by atoms with Crippen molar-refractivity contribution < 1.29 is 28.4 Å². The predicted molar refractivity (Wildman–Crippen MR) is 110 cm³/mol. The van der Waals surface area contributed by atoms with Gasteiger partial charge in [-0.25, -0.2) is 0 Å². The molecular weight excluding hydrogens is 434 g/mol. The summed E-state index contributed by atoms with van der Waals surface area (Å²) >= 11 is 0. The first-order valence-electron chi connectivity index (χ1n) is 10.4. The minimum atomic E-state index is -0.968. The molecule has 1 aliphatic heterocycles. The number of azide groups is 1. The number of nitrogens with zero attached hydrogens (tertiary/aromatic N) is 7. The molecule has 178 valence electrons. The van der Waals surface area contributed by atoms with E-state index in [1.165, 1.54) is 0 Å². The normalized spacial score (nSPS) is 23.9. The van der Waals surface area contributed by atoms with Gasteiger partial charge in [0.05, 0.1) is 89.6 Å². The van der Waals surface area contributed by atoms with E-state index in [0.717, 1.165) is 0 Å². The Morgan fingerprint density at radius 2 is 1.27 bits per heavy atom. The van der Waals surface area contributed by atoms with Crippen molar-refractivity contribution in [2.75, 3.05) is 46.2 Å². The second-order valence-electron chi connectivity index (χ2n) is 6.58. The summed E-state index contributed by atoms with van der Waals surface area (Å²) in [5.74, 6) is 0. The fourth-order valence-corrected chi connectivity index (χ4v) is 3.01. The van der Waals surface area contributed by atoms with Gasteiger partial charge in [0, 0.05) is 11.5 Å². The molecule has 1 saturated heterocycles. The van der Waals surface area contributed by atoms with E-state index in [1.807, 2.05) is 24.3 Å². The smallest absolute Gasteiger partial charge is 0.186 e. The molecule has 0 aromatic heterocycles. The molecule has 0 unspecified atom stereocenters. The first kappa shape index (κ1) is 28.1. The summed E-state index contributed by atoms with van der Waals surface area (Å²) in [4.78, 5) is 2.68. The number of nitriles is 4. The number of hydrogen-bond acceptors (Lipinski definition) is 11. The molecule has 1 aliphatic rings. The van der Waals surface area contributed by atoms with Crippen molar-refractivity contribution in [3.05, 3.63) is 10.4 Å². The van der Waals surface area contributed by atoms with Crippen LogP contribution in [0, 0.1) is 45.3 Å². The van der Waals surface area contributed by atoms with E-state index in [2.05, 4.69) is 10.0 Å². The third-order valence-electron chi connectivity index (χ3n) is 4.34. The van der Waals surface area contributed by atoms with E-state index in [4.69, 9.17) is 55.0 Å². The Balaban J connectivity index is 3.12. The lowest BCUT2D eigenvalue weighted by Gasteiger charge is -2.45. The molecule has 0 aromatic rings. The van der Waals surface area contributed by atoms with Crippen molar-refractivity contribution >= 4 is 0 Å². The Bertz CT molecular complexity index is 765. The van der Waals surface area contributed by atoms with Crippen LogP contribution in [0.15, 0.2) is 5.11 Å². The van der Waals surface area contributed by atoms with Crippen LogP contribution >= 0.6 is 0 Å². The Hall–Kier alpha value is -2.97. The quantitative estimate of drug-likeness (QED) is 0.133. The van der Waals surface area contributed by atoms with Gasteiger partial charge in [0.25, 0.3) is 0 Å². The molecule has 0 aromatic carbocycles. The maximum atomic E-state index is 8.91. The van der Waals surface area contributed by atoms with E-state index in [-0.39, 0.29) is 71.9 Å². The number of ether oxygens (including phenoxy) is 6. The first-order chi connectivity index (χ1) is 16.2. The molecule has 0 radical (unpaired) electrons. The summed E-state index contributed by atoms with van der Waals surface area (Å²) in [7, 11) is 0. The van der Waals surface area contributed by atoms with E-state index in [0.29, 0.717) is 0 Å². The van der Waals surface area contributed by atoms with E-state index in [1.54, 1.807) is 0 Å². The summed E-state index contributed by atoms with van der Waals surface area (Å²) in [5.41, 5.74) is 8.47. The summed E-state index contributed by atoms with van der Waals surface area (Å²) in [5, 5.41) is 38.8. The zero-order valence-corrected chi connectivity index (χ0v) is 18.2. The van der Waals surface area contributed by atoms with Crippen molar-refractivity contribution in [3.63, 3.8) is 0 Å². The Labute approximate surface area is 192 Å². The van der Waals surface area contributed by atoms with Crippen molar-refractivity contribution in [3.8, 4) is 24.3 Å². The van der Waals surface area contributed by atoms with Gasteiger partial charge in [-0.1, -0.05) is 5.11 Å². The minimum absolute atomic E-state index is 0.0414. The van der Waals surface area contributed by atoms with Crippen molar-refractivity contribution in [2.45, 2.75) is 56.4 Å². The second kappa shape index (κ2) is 18.6. The second-order valence-corrected chi connectivity index (χ2v) is 6.58. The van der Waals surface area contributed by atoms with Crippen LogP contribution in [0.25, 0.3) is 10.4 Å². The van der Waals surface area contributed by atoms with E-state index >= 15 is 0 Å². The van der Waals surface area contributed by atoms with Gasteiger partial charge in [-0.05, 0) is 5.53 Å². The van der Waals surface area contributed by atoms with Crippen LogP contribution in [0.4, 0.5) is 0 Å². The highest BCUT2D eigenvalue weighted by atomic mass is 16.7. The van der Waals surface area contributed by atoms with E-state index < -0.39 is 30.7 Å². The Kier molecular flexibility index (Phi) is 15.8. The predicted octanol–water partition coefficient (Wildman–Crippen LogP) is 1.87. The average Bonchev–Trinajstić information content (AvgIpc) is 2.82. The minimum Gasteiger partial charge on any atom is -0.378 e. The van der Waals surface area contributed by atoms with Crippen LogP contribution in [-0.4, -0.2) is 76.9 Å². The monoisotopic (exact) mass is 461 g/mol. The van der Waals surface area contributed by atoms with Crippen molar-refractivity contribution in [2.24, 2.45) is 5.11 Å². The molecule has 1 fully saturated rings. The highest BCUT2D eigenvalue weighted by Gasteiger charge is 2.48. The largest absolute Gasteiger partial charge is 0.378 e. The summed E-state index contributed by atoms with van der Waals surface area (Å²) < 4.78 is 35.0. The fraction of sp³-hybridized carbons (Fsp3) is 0.800. The lowest BCUT2D eigenvalue weighted by atomic mass is 9.98. The summed E-state index contributed by atoms with van der Waals surface area (Å²) in [6, 6.07) is 7.98. The lowest BCUT2D eigenvalue weighted by molar-refractivity contribution is -0.322. The zero-order valence-electron chi connectivity index (χ0n) is 18.2. The molecule has 13 heteroatoms. The maximum Gasteiger partial charge on any atom is 0.186 e. The van der Waals surface area contributed by atoms with Crippen LogP contribution in [0.1, 0.15) is 25.7 Å². The third-order valence-corrected chi connectivity index (χ3v) is 4.34. The van der Waals surface area contributed by atoms with Crippen LogP contribution in [0.5, 0.6) is 0 Å². The molecule has 0 N–H and O–H groups in total.